The Morgan fingerprint density at radius 1 is 1.38 bits per heavy atom. The summed E-state index contributed by atoms with van der Waals surface area (Å²) in [5.41, 5.74) is 0. The Balaban J connectivity index is 0.00000225. The molecule has 16 heavy (non-hydrogen) atoms. The van der Waals surface area contributed by atoms with Gasteiger partial charge in [-0.3, -0.25) is 0 Å². The third kappa shape index (κ3) is 4.90. The molecule has 1 aromatic rings. The van der Waals surface area contributed by atoms with Crippen molar-refractivity contribution in [1.29, 1.82) is 0 Å². The molecule has 9 heteroatoms. The third-order valence-corrected chi connectivity index (χ3v) is 4.52. The van der Waals surface area contributed by atoms with Crippen LogP contribution in [-0.2, 0) is 21.3 Å². The predicted molar refractivity (Wildman–Crippen MR) is 57.8 cm³/mol. The molecule has 0 aliphatic rings. The van der Waals surface area contributed by atoms with Crippen molar-refractivity contribution < 1.29 is 48.1 Å². The molecule has 0 bridgehead atoms. The van der Waals surface area contributed by atoms with Crippen LogP contribution in [0, 0.1) is 0 Å². The quantitative estimate of drug-likeness (QED) is 0.176. The van der Waals surface area contributed by atoms with Gasteiger partial charge in [-0.15, -0.1) is 0 Å². The van der Waals surface area contributed by atoms with Crippen molar-refractivity contribution in [2.45, 2.75) is 11.5 Å². The van der Waals surface area contributed by atoms with Crippen LogP contribution in [0.15, 0.2) is 17.3 Å². The van der Waals surface area contributed by atoms with Crippen LogP contribution < -0.4 is 34.8 Å². The molecule has 1 aromatic heterocycles. The van der Waals surface area contributed by atoms with Gasteiger partial charge in [0.25, 0.3) is 0 Å². The summed E-state index contributed by atoms with van der Waals surface area (Å²) in [6.07, 6.45) is 2.37. The Hall–Kier alpha value is 0.680. The van der Waals surface area contributed by atoms with Crippen molar-refractivity contribution in [3.8, 4) is 0 Å². The SMILES string of the molecule is O=S(=O)(CCI)c1cnc(CO[O-])nc1.[Na+]. The van der Waals surface area contributed by atoms with E-state index < -0.39 is 9.84 Å². The number of rotatable bonds is 5. The Kier molecular flexibility index (Phi) is 8.24. The van der Waals surface area contributed by atoms with E-state index >= 15 is 0 Å². The average Bonchev–Trinajstić information content (AvgIpc) is 2.19. The fraction of sp³-hybridized carbons (Fsp3) is 0.429. The second-order valence-electron chi connectivity index (χ2n) is 2.61. The molecular formula is C7H8IN2NaO4S. The van der Waals surface area contributed by atoms with Gasteiger partial charge in [0, 0.05) is 16.8 Å². The maximum Gasteiger partial charge on any atom is 1.00 e. The second-order valence-corrected chi connectivity index (χ2v) is 5.79. The van der Waals surface area contributed by atoms with Gasteiger partial charge in [0.05, 0.1) is 12.4 Å². The van der Waals surface area contributed by atoms with Crippen molar-refractivity contribution in [2.75, 3.05) is 10.2 Å². The number of alkyl halides is 1. The number of aromatic nitrogens is 2. The van der Waals surface area contributed by atoms with Crippen LogP contribution >= 0.6 is 22.6 Å². The molecule has 0 amide bonds. The van der Waals surface area contributed by atoms with E-state index in [4.69, 9.17) is 0 Å². The summed E-state index contributed by atoms with van der Waals surface area (Å²) in [6, 6.07) is 0. The monoisotopic (exact) mass is 366 g/mol. The van der Waals surface area contributed by atoms with E-state index in [-0.39, 0.29) is 52.6 Å². The van der Waals surface area contributed by atoms with E-state index in [9.17, 15) is 13.7 Å². The zero-order valence-electron chi connectivity index (χ0n) is 8.59. The summed E-state index contributed by atoms with van der Waals surface area (Å²) in [6.45, 7) is -0.271. The minimum Gasteiger partial charge on any atom is -0.723 e. The summed E-state index contributed by atoms with van der Waals surface area (Å²) < 4.78 is 23.6. The zero-order valence-corrected chi connectivity index (χ0v) is 13.6. The minimum absolute atomic E-state index is 0. The van der Waals surface area contributed by atoms with Crippen molar-refractivity contribution in [2.24, 2.45) is 0 Å². The van der Waals surface area contributed by atoms with E-state index in [0.29, 0.717) is 4.43 Å². The maximum atomic E-state index is 11.5. The van der Waals surface area contributed by atoms with Gasteiger partial charge in [0.1, 0.15) is 4.90 Å². The van der Waals surface area contributed by atoms with Gasteiger partial charge in [-0.1, -0.05) is 22.6 Å². The first kappa shape index (κ1) is 16.7. The molecule has 0 saturated carbocycles. The molecule has 0 spiro atoms. The molecule has 0 aliphatic carbocycles. The molecule has 6 nitrogen and oxygen atoms in total. The van der Waals surface area contributed by atoms with Crippen molar-refractivity contribution >= 4 is 32.4 Å². The third-order valence-electron chi connectivity index (χ3n) is 1.57. The first-order valence-corrected chi connectivity index (χ1v) is 7.12. The molecule has 0 radical (unpaired) electrons. The number of sulfone groups is 1. The van der Waals surface area contributed by atoms with Crippen molar-refractivity contribution in [3.05, 3.63) is 18.2 Å². The summed E-state index contributed by atoms with van der Waals surface area (Å²) in [4.78, 5) is 11.0. The fourth-order valence-corrected chi connectivity index (χ4v) is 3.45. The second kappa shape index (κ2) is 7.90. The van der Waals surface area contributed by atoms with Crippen LogP contribution in [0.5, 0.6) is 0 Å². The molecule has 1 heterocycles. The average molecular weight is 366 g/mol. The molecule has 0 N–H and O–H groups in total. The van der Waals surface area contributed by atoms with E-state index in [1.807, 2.05) is 22.6 Å². The summed E-state index contributed by atoms with van der Waals surface area (Å²) >= 11 is 1.98. The van der Waals surface area contributed by atoms with Gasteiger partial charge in [0.15, 0.2) is 15.7 Å². The molecule has 0 aromatic carbocycles. The molecule has 1 rings (SSSR count). The van der Waals surface area contributed by atoms with E-state index in [2.05, 4.69) is 14.9 Å². The minimum atomic E-state index is -3.29. The van der Waals surface area contributed by atoms with Crippen LogP contribution in [0.25, 0.3) is 0 Å². The van der Waals surface area contributed by atoms with Gasteiger partial charge in [-0.2, -0.15) is 0 Å². The number of hydrogen-bond acceptors (Lipinski definition) is 6. The standard InChI is InChI=1S/C7H9IN2O4S.Na/c8-1-2-15(12,13)6-3-9-7(5-14-11)10-4-6;/h3-4,11H,1-2,5H2;/q;+1/p-1. The molecule has 0 unspecified atom stereocenters. The first-order valence-electron chi connectivity index (χ1n) is 3.94. The molecular weight excluding hydrogens is 358 g/mol. The molecule has 0 fully saturated rings. The summed E-state index contributed by atoms with van der Waals surface area (Å²) in [7, 11) is -3.29. The maximum absolute atomic E-state index is 11.5. The van der Waals surface area contributed by atoms with E-state index in [1.165, 1.54) is 12.4 Å². The smallest absolute Gasteiger partial charge is 0.723 e. The van der Waals surface area contributed by atoms with Crippen LogP contribution in [0.1, 0.15) is 5.82 Å². The van der Waals surface area contributed by atoms with Crippen LogP contribution in [0.3, 0.4) is 0 Å². The first-order chi connectivity index (χ1) is 7.10. The Morgan fingerprint density at radius 3 is 2.38 bits per heavy atom. The van der Waals surface area contributed by atoms with E-state index in [0.717, 1.165) is 0 Å². The molecule has 0 atom stereocenters. The van der Waals surface area contributed by atoms with Gasteiger partial charge in [0.2, 0.25) is 0 Å². The Morgan fingerprint density at radius 2 is 1.94 bits per heavy atom. The topological polar surface area (TPSA) is 92.2 Å². The van der Waals surface area contributed by atoms with Crippen molar-refractivity contribution in [1.82, 2.24) is 9.97 Å². The summed E-state index contributed by atoms with van der Waals surface area (Å²) in [5.74, 6) is 0.215. The molecule has 0 saturated heterocycles. The van der Waals surface area contributed by atoms with E-state index in [1.54, 1.807) is 0 Å². The molecule has 0 aliphatic heterocycles. The zero-order chi connectivity index (χ0) is 11.3. The van der Waals surface area contributed by atoms with Crippen LogP contribution in [0.4, 0.5) is 0 Å². The van der Waals surface area contributed by atoms with Crippen LogP contribution in [0.2, 0.25) is 0 Å². The Labute approximate surface area is 129 Å². The number of hydrogen-bond donors (Lipinski definition) is 0. The van der Waals surface area contributed by atoms with Gasteiger partial charge < -0.3 is 10.1 Å². The molecule has 84 valence electrons. The normalized spacial score (nSPS) is 10.9. The predicted octanol–water partition coefficient (Wildman–Crippen LogP) is -3.52. The van der Waals surface area contributed by atoms with Gasteiger partial charge in [-0.25, -0.2) is 18.4 Å². The van der Waals surface area contributed by atoms with Gasteiger partial charge in [-0.05, 0) is 0 Å². The number of halogens is 1. The Bertz CT molecular complexity index is 411. The number of nitrogens with zero attached hydrogens (tertiary/aromatic N) is 2. The van der Waals surface area contributed by atoms with Gasteiger partial charge >= 0.3 is 29.6 Å². The fourth-order valence-electron chi connectivity index (χ4n) is 0.850. The largest absolute Gasteiger partial charge is 1.00 e. The van der Waals surface area contributed by atoms with Crippen LogP contribution in [-0.4, -0.2) is 28.6 Å². The summed E-state index contributed by atoms with van der Waals surface area (Å²) in [5, 5.41) is 9.78. The van der Waals surface area contributed by atoms with Crippen molar-refractivity contribution in [3.63, 3.8) is 0 Å².